The topological polar surface area (TPSA) is 70.4 Å². The fourth-order valence-electron chi connectivity index (χ4n) is 2.00. The SMILES string of the molecule is CC(C)c1c(C(=O)O)cnc2cc(O)ccc12. The minimum Gasteiger partial charge on any atom is -0.508 e. The summed E-state index contributed by atoms with van der Waals surface area (Å²) in [5.41, 5.74) is 1.58. The van der Waals surface area contributed by atoms with Crippen molar-refractivity contribution in [2.24, 2.45) is 0 Å². The molecule has 2 aromatic rings. The quantitative estimate of drug-likeness (QED) is 0.833. The molecule has 4 nitrogen and oxygen atoms in total. The highest BCUT2D eigenvalue weighted by Gasteiger charge is 2.17. The molecule has 0 spiro atoms. The van der Waals surface area contributed by atoms with Crippen LogP contribution in [-0.4, -0.2) is 21.2 Å². The first-order chi connectivity index (χ1) is 8.00. The molecule has 88 valence electrons. The van der Waals surface area contributed by atoms with Gasteiger partial charge < -0.3 is 10.2 Å². The number of hydrogen-bond donors (Lipinski definition) is 2. The number of carboxylic acid groups (broad SMARTS) is 1. The van der Waals surface area contributed by atoms with Crippen molar-refractivity contribution >= 4 is 16.9 Å². The lowest BCUT2D eigenvalue weighted by Gasteiger charge is -2.13. The zero-order chi connectivity index (χ0) is 12.6. The fraction of sp³-hybridized carbons (Fsp3) is 0.231. The number of nitrogens with zero attached hydrogens (tertiary/aromatic N) is 1. The number of aromatic nitrogens is 1. The van der Waals surface area contributed by atoms with Crippen LogP contribution in [0.15, 0.2) is 24.4 Å². The van der Waals surface area contributed by atoms with Crippen molar-refractivity contribution in [2.45, 2.75) is 19.8 Å². The second kappa shape index (κ2) is 4.05. The Kier molecular flexibility index (Phi) is 2.71. The van der Waals surface area contributed by atoms with Crippen molar-refractivity contribution in [3.05, 3.63) is 35.5 Å². The van der Waals surface area contributed by atoms with Crippen LogP contribution in [0.25, 0.3) is 10.9 Å². The number of carbonyl (C=O) groups is 1. The monoisotopic (exact) mass is 231 g/mol. The molecule has 4 heteroatoms. The van der Waals surface area contributed by atoms with E-state index < -0.39 is 5.97 Å². The molecule has 0 bridgehead atoms. The molecule has 1 aromatic carbocycles. The zero-order valence-corrected chi connectivity index (χ0v) is 9.64. The van der Waals surface area contributed by atoms with E-state index in [1.165, 1.54) is 12.3 Å². The number of pyridine rings is 1. The molecule has 1 heterocycles. The molecule has 0 saturated heterocycles. The highest BCUT2D eigenvalue weighted by atomic mass is 16.4. The summed E-state index contributed by atoms with van der Waals surface area (Å²) >= 11 is 0. The number of phenols is 1. The third-order valence-electron chi connectivity index (χ3n) is 2.70. The Hall–Kier alpha value is -2.10. The van der Waals surface area contributed by atoms with Crippen molar-refractivity contribution in [1.29, 1.82) is 0 Å². The van der Waals surface area contributed by atoms with Gasteiger partial charge in [0.05, 0.1) is 11.1 Å². The predicted molar refractivity (Wildman–Crippen MR) is 64.5 cm³/mol. The van der Waals surface area contributed by atoms with Crippen LogP contribution in [0, 0.1) is 0 Å². The number of carboxylic acids is 1. The Morgan fingerprint density at radius 1 is 1.35 bits per heavy atom. The Labute approximate surface area is 98.5 Å². The maximum Gasteiger partial charge on any atom is 0.337 e. The molecule has 0 saturated carbocycles. The molecule has 0 radical (unpaired) electrons. The summed E-state index contributed by atoms with van der Waals surface area (Å²) < 4.78 is 0. The Morgan fingerprint density at radius 3 is 2.65 bits per heavy atom. The fourth-order valence-corrected chi connectivity index (χ4v) is 2.00. The first-order valence-corrected chi connectivity index (χ1v) is 5.35. The van der Waals surface area contributed by atoms with Crippen LogP contribution in [0.5, 0.6) is 5.75 Å². The number of aromatic hydroxyl groups is 1. The molecule has 2 rings (SSSR count). The molecule has 17 heavy (non-hydrogen) atoms. The first-order valence-electron chi connectivity index (χ1n) is 5.35. The van der Waals surface area contributed by atoms with Crippen LogP contribution < -0.4 is 0 Å². The van der Waals surface area contributed by atoms with Crippen molar-refractivity contribution in [3.63, 3.8) is 0 Å². The summed E-state index contributed by atoms with van der Waals surface area (Å²) in [6.07, 6.45) is 1.35. The average Bonchev–Trinajstić information content (AvgIpc) is 2.26. The van der Waals surface area contributed by atoms with Gasteiger partial charge in [0, 0.05) is 17.6 Å². The largest absolute Gasteiger partial charge is 0.508 e. The molecule has 0 aliphatic heterocycles. The Balaban J connectivity index is 2.84. The van der Waals surface area contributed by atoms with E-state index in [0.717, 1.165) is 10.9 Å². The summed E-state index contributed by atoms with van der Waals surface area (Å²) in [5, 5.41) is 19.3. The van der Waals surface area contributed by atoms with E-state index >= 15 is 0 Å². The summed E-state index contributed by atoms with van der Waals surface area (Å²) in [7, 11) is 0. The first kappa shape index (κ1) is 11.4. The second-order valence-corrected chi connectivity index (χ2v) is 4.25. The number of phenolic OH excluding ortho intramolecular Hbond substituents is 1. The van der Waals surface area contributed by atoms with Crippen molar-refractivity contribution in [1.82, 2.24) is 4.98 Å². The van der Waals surface area contributed by atoms with Gasteiger partial charge >= 0.3 is 5.97 Å². The third kappa shape index (κ3) is 1.93. The molecule has 1 aromatic heterocycles. The molecule has 0 amide bonds. The van der Waals surface area contributed by atoms with E-state index in [9.17, 15) is 9.90 Å². The van der Waals surface area contributed by atoms with Crippen LogP contribution in [0.1, 0.15) is 35.7 Å². The minimum atomic E-state index is -0.976. The average molecular weight is 231 g/mol. The number of benzene rings is 1. The van der Waals surface area contributed by atoms with Crippen LogP contribution in [0.4, 0.5) is 0 Å². The van der Waals surface area contributed by atoms with Gasteiger partial charge in [0.1, 0.15) is 5.75 Å². The highest BCUT2D eigenvalue weighted by molar-refractivity contribution is 5.96. The third-order valence-corrected chi connectivity index (χ3v) is 2.70. The van der Waals surface area contributed by atoms with Crippen LogP contribution in [0.3, 0.4) is 0 Å². The zero-order valence-electron chi connectivity index (χ0n) is 9.64. The maximum absolute atomic E-state index is 11.1. The number of rotatable bonds is 2. The van der Waals surface area contributed by atoms with Gasteiger partial charge in [-0.05, 0) is 23.6 Å². The van der Waals surface area contributed by atoms with E-state index in [4.69, 9.17) is 5.11 Å². The van der Waals surface area contributed by atoms with Gasteiger partial charge in [-0.2, -0.15) is 0 Å². The molecule has 0 aliphatic rings. The summed E-state index contributed by atoms with van der Waals surface area (Å²) in [6, 6.07) is 4.79. The Morgan fingerprint density at radius 2 is 2.06 bits per heavy atom. The van der Waals surface area contributed by atoms with Crippen molar-refractivity contribution < 1.29 is 15.0 Å². The molecular formula is C13H13NO3. The lowest BCUT2D eigenvalue weighted by molar-refractivity contribution is 0.0695. The predicted octanol–water partition coefficient (Wildman–Crippen LogP) is 2.76. The van der Waals surface area contributed by atoms with Gasteiger partial charge in [0.2, 0.25) is 0 Å². The van der Waals surface area contributed by atoms with E-state index in [0.29, 0.717) is 5.52 Å². The second-order valence-electron chi connectivity index (χ2n) is 4.25. The molecule has 0 unspecified atom stereocenters. The number of aromatic carboxylic acids is 1. The summed E-state index contributed by atoms with van der Waals surface area (Å²) in [6.45, 7) is 3.88. The van der Waals surface area contributed by atoms with Crippen molar-refractivity contribution in [3.8, 4) is 5.75 Å². The lowest BCUT2D eigenvalue weighted by atomic mass is 9.94. The van der Waals surface area contributed by atoms with Crippen LogP contribution in [-0.2, 0) is 0 Å². The number of hydrogen-bond acceptors (Lipinski definition) is 3. The van der Waals surface area contributed by atoms with Crippen LogP contribution in [0.2, 0.25) is 0 Å². The van der Waals surface area contributed by atoms with E-state index in [1.54, 1.807) is 12.1 Å². The van der Waals surface area contributed by atoms with E-state index in [2.05, 4.69) is 4.98 Å². The molecule has 0 fully saturated rings. The van der Waals surface area contributed by atoms with Gasteiger partial charge in [0.15, 0.2) is 0 Å². The standard InChI is InChI=1S/C13H13NO3/c1-7(2)12-9-4-3-8(15)5-11(9)14-6-10(12)13(16)17/h3-7,15H,1-2H3,(H,16,17). The smallest absolute Gasteiger partial charge is 0.337 e. The van der Waals surface area contributed by atoms with Gasteiger partial charge in [-0.25, -0.2) is 4.79 Å². The van der Waals surface area contributed by atoms with E-state index in [-0.39, 0.29) is 17.2 Å². The maximum atomic E-state index is 11.1. The molecular weight excluding hydrogens is 218 g/mol. The molecule has 2 N–H and O–H groups in total. The Bertz CT molecular complexity index is 590. The number of fused-ring (bicyclic) bond motifs is 1. The van der Waals surface area contributed by atoms with E-state index in [1.807, 2.05) is 13.8 Å². The molecule has 0 atom stereocenters. The van der Waals surface area contributed by atoms with Gasteiger partial charge in [0.25, 0.3) is 0 Å². The highest BCUT2D eigenvalue weighted by Crippen LogP contribution is 2.29. The van der Waals surface area contributed by atoms with Crippen molar-refractivity contribution in [2.75, 3.05) is 0 Å². The van der Waals surface area contributed by atoms with Gasteiger partial charge in [-0.3, -0.25) is 4.98 Å². The molecule has 0 aliphatic carbocycles. The van der Waals surface area contributed by atoms with Crippen LogP contribution >= 0.6 is 0 Å². The van der Waals surface area contributed by atoms with Gasteiger partial charge in [-0.15, -0.1) is 0 Å². The lowest BCUT2D eigenvalue weighted by Crippen LogP contribution is -2.05. The van der Waals surface area contributed by atoms with Gasteiger partial charge in [-0.1, -0.05) is 13.8 Å². The summed E-state index contributed by atoms with van der Waals surface area (Å²) in [4.78, 5) is 15.2. The summed E-state index contributed by atoms with van der Waals surface area (Å²) in [5.74, 6) is -0.768. The minimum absolute atomic E-state index is 0.0798. The normalized spacial score (nSPS) is 11.0.